The second-order valence-corrected chi connectivity index (χ2v) is 6.35. The van der Waals surface area contributed by atoms with Crippen LogP contribution in [-0.2, 0) is 9.53 Å². The molecule has 0 aliphatic heterocycles. The van der Waals surface area contributed by atoms with E-state index in [0.717, 1.165) is 11.3 Å². The van der Waals surface area contributed by atoms with Crippen molar-refractivity contribution >= 4 is 51.4 Å². The number of nitrogens with one attached hydrogen (secondary N) is 2. The van der Waals surface area contributed by atoms with Crippen molar-refractivity contribution in [3.8, 4) is 0 Å². The van der Waals surface area contributed by atoms with E-state index in [4.69, 9.17) is 16.3 Å². The summed E-state index contributed by atoms with van der Waals surface area (Å²) >= 11 is 6.91. The van der Waals surface area contributed by atoms with Gasteiger partial charge in [-0.3, -0.25) is 9.59 Å². The van der Waals surface area contributed by atoms with E-state index in [0.29, 0.717) is 21.2 Å². The molecule has 126 valence electrons. The molecule has 8 heteroatoms. The molecule has 1 aromatic carbocycles. The largest absolute Gasteiger partial charge is 0.465 e. The Morgan fingerprint density at radius 3 is 2.50 bits per heavy atom. The minimum absolute atomic E-state index is 0.175. The first-order valence-corrected chi connectivity index (χ1v) is 8.09. The molecule has 2 rings (SSSR count). The average Bonchev–Trinajstić information content (AvgIpc) is 2.82. The number of carbonyl (C=O) groups is 3. The van der Waals surface area contributed by atoms with Gasteiger partial charge in [-0.1, -0.05) is 17.7 Å². The third kappa shape index (κ3) is 3.93. The van der Waals surface area contributed by atoms with Gasteiger partial charge in [0.25, 0.3) is 5.91 Å². The Hall–Kier alpha value is -2.38. The van der Waals surface area contributed by atoms with Crippen LogP contribution >= 0.6 is 22.9 Å². The van der Waals surface area contributed by atoms with Crippen LogP contribution in [0.3, 0.4) is 0 Å². The van der Waals surface area contributed by atoms with Crippen molar-refractivity contribution in [1.29, 1.82) is 0 Å². The molecule has 0 unspecified atom stereocenters. The Kier molecular flexibility index (Phi) is 5.58. The summed E-state index contributed by atoms with van der Waals surface area (Å²) in [6, 6.07) is 6.71. The zero-order valence-electron chi connectivity index (χ0n) is 13.2. The summed E-state index contributed by atoms with van der Waals surface area (Å²) in [6.07, 6.45) is 0. The molecule has 0 spiro atoms. The smallest absolute Gasteiger partial charge is 0.341 e. The Morgan fingerprint density at radius 2 is 1.92 bits per heavy atom. The number of hydrogen-bond donors (Lipinski definition) is 2. The summed E-state index contributed by atoms with van der Waals surface area (Å²) in [7, 11) is 1.24. The van der Waals surface area contributed by atoms with Crippen molar-refractivity contribution in [2.75, 3.05) is 17.7 Å². The number of halogens is 1. The highest BCUT2D eigenvalue weighted by Gasteiger charge is 2.25. The van der Waals surface area contributed by atoms with Crippen LogP contribution in [0.4, 0.5) is 10.7 Å². The summed E-state index contributed by atoms with van der Waals surface area (Å²) in [5, 5.41) is 6.04. The van der Waals surface area contributed by atoms with Crippen LogP contribution in [0.2, 0.25) is 5.02 Å². The van der Waals surface area contributed by atoms with E-state index >= 15 is 0 Å². The first kappa shape index (κ1) is 18.0. The fourth-order valence-corrected chi connectivity index (χ4v) is 3.41. The molecule has 2 N–H and O–H groups in total. The van der Waals surface area contributed by atoms with Crippen molar-refractivity contribution in [2.45, 2.75) is 13.8 Å². The minimum atomic E-state index is -0.616. The molecule has 2 amide bonds. The molecule has 2 aromatic rings. The molecule has 0 aliphatic carbocycles. The van der Waals surface area contributed by atoms with Crippen molar-refractivity contribution in [1.82, 2.24) is 0 Å². The first-order chi connectivity index (χ1) is 11.3. The van der Waals surface area contributed by atoms with Crippen LogP contribution in [0.25, 0.3) is 0 Å². The number of amides is 2. The molecule has 0 fully saturated rings. The second-order valence-electron chi connectivity index (χ2n) is 4.90. The van der Waals surface area contributed by atoms with Gasteiger partial charge in [-0.05, 0) is 30.7 Å². The number of hydrogen-bond acceptors (Lipinski definition) is 5. The van der Waals surface area contributed by atoms with E-state index in [2.05, 4.69) is 10.6 Å². The monoisotopic (exact) mass is 366 g/mol. The Bertz CT molecular complexity index is 816. The quantitative estimate of drug-likeness (QED) is 0.808. The number of carbonyl (C=O) groups excluding carboxylic acids is 3. The summed E-state index contributed by atoms with van der Waals surface area (Å²) in [5.74, 6) is -1.36. The zero-order valence-corrected chi connectivity index (χ0v) is 14.8. The molecule has 1 heterocycles. The van der Waals surface area contributed by atoms with Crippen molar-refractivity contribution < 1.29 is 19.1 Å². The molecular weight excluding hydrogens is 352 g/mol. The van der Waals surface area contributed by atoms with Gasteiger partial charge in [0.2, 0.25) is 5.91 Å². The molecule has 6 nitrogen and oxygen atoms in total. The van der Waals surface area contributed by atoms with Crippen LogP contribution in [-0.4, -0.2) is 24.9 Å². The number of ether oxygens (including phenoxy) is 1. The Morgan fingerprint density at radius 1 is 1.21 bits per heavy atom. The number of benzene rings is 1. The van der Waals surface area contributed by atoms with Gasteiger partial charge in [-0.25, -0.2) is 4.79 Å². The predicted molar refractivity (Wildman–Crippen MR) is 94.1 cm³/mol. The van der Waals surface area contributed by atoms with E-state index in [1.54, 1.807) is 31.2 Å². The van der Waals surface area contributed by atoms with Gasteiger partial charge in [-0.15, -0.1) is 11.3 Å². The molecule has 0 saturated carbocycles. The molecule has 0 radical (unpaired) electrons. The predicted octanol–water partition coefficient (Wildman–Crippen LogP) is 3.71. The second kappa shape index (κ2) is 7.46. The topological polar surface area (TPSA) is 84.5 Å². The van der Waals surface area contributed by atoms with E-state index in [9.17, 15) is 14.4 Å². The molecule has 1 aromatic heterocycles. The minimum Gasteiger partial charge on any atom is -0.465 e. The van der Waals surface area contributed by atoms with Crippen LogP contribution in [0.15, 0.2) is 24.3 Å². The summed E-state index contributed by atoms with van der Waals surface area (Å²) in [5.41, 5.74) is 1.14. The number of anilines is 2. The Balaban J connectivity index is 2.38. The third-order valence-electron chi connectivity index (χ3n) is 3.11. The molecule has 0 atom stereocenters. The maximum Gasteiger partial charge on any atom is 0.341 e. The molecule has 0 saturated heterocycles. The highest BCUT2D eigenvalue weighted by atomic mass is 35.5. The lowest BCUT2D eigenvalue weighted by Gasteiger charge is -2.05. The fourth-order valence-electron chi connectivity index (χ4n) is 2.08. The first-order valence-electron chi connectivity index (χ1n) is 6.89. The van der Waals surface area contributed by atoms with Gasteiger partial charge >= 0.3 is 5.97 Å². The van der Waals surface area contributed by atoms with Crippen LogP contribution in [0.5, 0.6) is 0 Å². The molecular formula is C16H15ClN2O4S. The average molecular weight is 367 g/mol. The van der Waals surface area contributed by atoms with Crippen LogP contribution in [0, 0.1) is 6.92 Å². The lowest BCUT2D eigenvalue weighted by atomic mass is 10.1. The third-order valence-corrected chi connectivity index (χ3v) is 4.56. The maximum absolute atomic E-state index is 12.5. The van der Waals surface area contributed by atoms with E-state index in [-0.39, 0.29) is 16.5 Å². The normalized spacial score (nSPS) is 10.2. The van der Waals surface area contributed by atoms with Gasteiger partial charge in [0.05, 0.1) is 17.6 Å². The summed E-state index contributed by atoms with van der Waals surface area (Å²) in [6.45, 7) is 2.95. The highest BCUT2D eigenvalue weighted by molar-refractivity contribution is 7.18. The fraction of sp³-hybridized carbons (Fsp3) is 0.188. The molecule has 0 aliphatic rings. The van der Waals surface area contributed by atoms with Gasteiger partial charge in [0, 0.05) is 17.6 Å². The SMILES string of the molecule is COC(=O)c1c(NC(C)=O)sc(C(=O)Nc2cccc(Cl)c2)c1C. The summed E-state index contributed by atoms with van der Waals surface area (Å²) < 4.78 is 4.73. The van der Waals surface area contributed by atoms with Gasteiger partial charge in [0.15, 0.2) is 0 Å². The van der Waals surface area contributed by atoms with E-state index in [1.807, 2.05) is 0 Å². The van der Waals surface area contributed by atoms with Crippen molar-refractivity contribution in [3.05, 3.63) is 45.3 Å². The standard InChI is InChI=1S/C16H15ClN2O4S/c1-8-12(16(22)23-3)15(18-9(2)20)24-13(8)14(21)19-11-6-4-5-10(17)7-11/h4-7H,1-3H3,(H,18,20)(H,19,21). The van der Waals surface area contributed by atoms with Gasteiger partial charge < -0.3 is 15.4 Å². The van der Waals surface area contributed by atoms with Crippen molar-refractivity contribution in [2.24, 2.45) is 0 Å². The van der Waals surface area contributed by atoms with E-state index < -0.39 is 11.9 Å². The number of thiophene rings is 1. The summed E-state index contributed by atoms with van der Waals surface area (Å²) in [4.78, 5) is 36.1. The number of rotatable bonds is 4. The van der Waals surface area contributed by atoms with Gasteiger partial charge in [0.1, 0.15) is 5.00 Å². The van der Waals surface area contributed by atoms with Gasteiger partial charge in [-0.2, -0.15) is 0 Å². The number of methoxy groups -OCH3 is 1. The zero-order chi connectivity index (χ0) is 17.9. The highest BCUT2D eigenvalue weighted by Crippen LogP contribution is 2.34. The van der Waals surface area contributed by atoms with Crippen molar-refractivity contribution in [3.63, 3.8) is 0 Å². The molecule has 24 heavy (non-hydrogen) atoms. The van der Waals surface area contributed by atoms with E-state index in [1.165, 1.54) is 14.0 Å². The lowest BCUT2D eigenvalue weighted by molar-refractivity contribution is -0.114. The molecule has 0 bridgehead atoms. The van der Waals surface area contributed by atoms with Crippen LogP contribution < -0.4 is 10.6 Å². The Labute approximate surface area is 147 Å². The lowest BCUT2D eigenvalue weighted by Crippen LogP contribution is -2.12. The number of esters is 1. The van der Waals surface area contributed by atoms with Crippen LogP contribution in [0.1, 0.15) is 32.5 Å². The maximum atomic E-state index is 12.5.